The first-order valence-electron chi connectivity index (χ1n) is 8.67. The molecule has 5 nitrogen and oxygen atoms in total. The average Bonchev–Trinajstić information content (AvgIpc) is 3.14. The van der Waals surface area contributed by atoms with E-state index in [2.05, 4.69) is 22.1 Å². The standard InChI is InChI=1S/C20H16ClF3N4OS/c1-2-10-28-12-25-27-19(28)30-17(13-6-4-3-5-7-13)18(29)26-16-9-8-14(21)11-15(16)20(22,23)24/h2-9,11-12,17H,1,10H2,(H,26,29)/t17-/m0/s1. The van der Waals surface area contributed by atoms with Crippen molar-refractivity contribution >= 4 is 35.0 Å². The van der Waals surface area contributed by atoms with Crippen molar-refractivity contribution in [1.82, 2.24) is 14.8 Å². The van der Waals surface area contributed by atoms with Crippen LogP contribution < -0.4 is 5.32 Å². The van der Waals surface area contributed by atoms with Gasteiger partial charge >= 0.3 is 6.18 Å². The molecule has 156 valence electrons. The van der Waals surface area contributed by atoms with Gasteiger partial charge in [0.05, 0.1) is 11.3 Å². The van der Waals surface area contributed by atoms with E-state index >= 15 is 0 Å². The van der Waals surface area contributed by atoms with Crippen molar-refractivity contribution < 1.29 is 18.0 Å². The second-order valence-corrected chi connectivity index (χ2v) is 7.65. The van der Waals surface area contributed by atoms with E-state index in [0.29, 0.717) is 17.3 Å². The number of amides is 1. The van der Waals surface area contributed by atoms with Gasteiger partial charge in [-0.3, -0.25) is 4.79 Å². The lowest BCUT2D eigenvalue weighted by Gasteiger charge is -2.19. The van der Waals surface area contributed by atoms with Crippen molar-refractivity contribution in [3.63, 3.8) is 0 Å². The van der Waals surface area contributed by atoms with Gasteiger partial charge in [0.1, 0.15) is 11.6 Å². The Morgan fingerprint density at radius 1 is 1.27 bits per heavy atom. The third-order valence-corrected chi connectivity index (χ3v) is 5.50. The van der Waals surface area contributed by atoms with E-state index in [9.17, 15) is 18.0 Å². The Morgan fingerprint density at radius 3 is 2.67 bits per heavy atom. The molecule has 0 fully saturated rings. The van der Waals surface area contributed by atoms with Crippen molar-refractivity contribution in [3.05, 3.63) is 83.7 Å². The number of carbonyl (C=O) groups excluding carboxylic acids is 1. The molecule has 1 atom stereocenters. The number of allylic oxidation sites excluding steroid dienone is 1. The van der Waals surface area contributed by atoms with Crippen LogP contribution in [0.15, 0.2) is 72.7 Å². The lowest BCUT2D eigenvalue weighted by Crippen LogP contribution is -2.22. The Morgan fingerprint density at radius 2 is 2.00 bits per heavy atom. The molecule has 0 bridgehead atoms. The highest BCUT2D eigenvalue weighted by atomic mass is 35.5. The molecule has 30 heavy (non-hydrogen) atoms. The number of halogens is 4. The number of thioether (sulfide) groups is 1. The fourth-order valence-electron chi connectivity index (χ4n) is 2.66. The number of alkyl halides is 3. The van der Waals surface area contributed by atoms with Crippen LogP contribution in [0, 0.1) is 0 Å². The molecule has 0 aliphatic rings. The van der Waals surface area contributed by atoms with Crippen molar-refractivity contribution in [2.75, 3.05) is 5.32 Å². The van der Waals surface area contributed by atoms with E-state index in [1.807, 2.05) is 0 Å². The maximum Gasteiger partial charge on any atom is 0.418 e. The zero-order valence-electron chi connectivity index (χ0n) is 15.4. The lowest BCUT2D eigenvalue weighted by molar-refractivity contribution is -0.137. The summed E-state index contributed by atoms with van der Waals surface area (Å²) < 4.78 is 41.9. The van der Waals surface area contributed by atoms with Gasteiger partial charge in [-0.15, -0.1) is 16.8 Å². The van der Waals surface area contributed by atoms with Crippen LogP contribution in [0.2, 0.25) is 5.02 Å². The summed E-state index contributed by atoms with van der Waals surface area (Å²) in [7, 11) is 0. The minimum absolute atomic E-state index is 0.0770. The van der Waals surface area contributed by atoms with Gasteiger partial charge in [0, 0.05) is 11.6 Å². The topological polar surface area (TPSA) is 59.8 Å². The van der Waals surface area contributed by atoms with Crippen LogP contribution in [0.1, 0.15) is 16.4 Å². The molecule has 2 aromatic carbocycles. The van der Waals surface area contributed by atoms with E-state index in [1.165, 1.54) is 12.4 Å². The molecule has 0 spiro atoms. The molecule has 0 aliphatic heterocycles. The highest BCUT2D eigenvalue weighted by Crippen LogP contribution is 2.39. The summed E-state index contributed by atoms with van der Waals surface area (Å²) in [6.07, 6.45) is -1.54. The van der Waals surface area contributed by atoms with Crippen molar-refractivity contribution in [1.29, 1.82) is 0 Å². The molecule has 1 amide bonds. The number of hydrogen-bond donors (Lipinski definition) is 1. The maximum atomic E-state index is 13.4. The van der Waals surface area contributed by atoms with Gasteiger partial charge in [0.25, 0.3) is 0 Å². The van der Waals surface area contributed by atoms with Crippen LogP contribution in [0.3, 0.4) is 0 Å². The Hall–Kier alpha value is -2.78. The van der Waals surface area contributed by atoms with E-state index in [4.69, 9.17) is 11.6 Å². The van der Waals surface area contributed by atoms with E-state index in [-0.39, 0.29) is 10.7 Å². The summed E-state index contributed by atoms with van der Waals surface area (Å²) in [6.45, 7) is 4.09. The summed E-state index contributed by atoms with van der Waals surface area (Å²) in [4.78, 5) is 13.1. The number of rotatable bonds is 7. The molecule has 0 unspecified atom stereocenters. The van der Waals surface area contributed by atoms with Crippen LogP contribution in [0.4, 0.5) is 18.9 Å². The third-order valence-electron chi connectivity index (χ3n) is 4.01. The number of aromatic nitrogens is 3. The lowest BCUT2D eigenvalue weighted by atomic mass is 10.1. The van der Waals surface area contributed by atoms with Crippen molar-refractivity contribution in [2.24, 2.45) is 0 Å². The van der Waals surface area contributed by atoms with Gasteiger partial charge in [0.15, 0.2) is 5.16 Å². The van der Waals surface area contributed by atoms with Gasteiger partial charge in [-0.2, -0.15) is 13.2 Å². The van der Waals surface area contributed by atoms with Crippen molar-refractivity contribution in [2.45, 2.75) is 23.1 Å². The Kier molecular flexibility index (Phi) is 6.84. The predicted molar refractivity (Wildman–Crippen MR) is 110 cm³/mol. The molecule has 3 aromatic rings. The monoisotopic (exact) mass is 452 g/mol. The summed E-state index contributed by atoms with van der Waals surface area (Å²) >= 11 is 6.80. The van der Waals surface area contributed by atoms with Gasteiger partial charge in [0.2, 0.25) is 5.91 Å². The van der Waals surface area contributed by atoms with Crippen LogP contribution in [-0.2, 0) is 17.5 Å². The van der Waals surface area contributed by atoms with Gasteiger partial charge in [-0.1, -0.05) is 59.8 Å². The molecule has 0 aliphatic carbocycles. The van der Waals surface area contributed by atoms with Crippen LogP contribution in [0.5, 0.6) is 0 Å². The molecule has 0 radical (unpaired) electrons. The van der Waals surface area contributed by atoms with Crippen molar-refractivity contribution in [3.8, 4) is 0 Å². The zero-order chi connectivity index (χ0) is 21.7. The molecule has 1 heterocycles. The summed E-state index contributed by atoms with van der Waals surface area (Å²) in [5.74, 6) is -0.632. The number of carbonyl (C=O) groups is 1. The van der Waals surface area contributed by atoms with Crippen LogP contribution in [-0.4, -0.2) is 20.7 Å². The molecule has 0 saturated heterocycles. The first kappa shape index (κ1) is 21.9. The number of hydrogen-bond acceptors (Lipinski definition) is 4. The molecular weight excluding hydrogens is 437 g/mol. The second kappa shape index (κ2) is 9.36. The second-order valence-electron chi connectivity index (χ2n) is 6.14. The molecule has 0 saturated carbocycles. The number of nitrogens with one attached hydrogen (secondary N) is 1. The molecule has 1 N–H and O–H groups in total. The van der Waals surface area contributed by atoms with E-state index in [0.717, 1.165) is 23.9 Å². The predicted octanol–water partition coefficient (Wildman–Crippen LogP) is 5.61. The minimum atomic E-state index is -4.67. The van der Waals surface area contributed by atoms with Gasteiger partial charge in [-0.25, -0.2) is 0 Å². The summed E-state index contributed by atoms with van der Waals surface area (Å²) in [5, 5.41) is 9.73. The third kappa shape index (κ3) is 5.22. The van der Waals surface area contributed by atoms with Gasteiger partial charge < -0.3 is 9.88 Å². The Labute approximate surface area is 180 Å². The molecular formula is C20H16ClF3N4OS. The highest BCUT2D eigenvalue weighted by molar-refractivity contribution is 8.00. The largest absolute Gasteiger partial charge is 0.418 e. The smallest absolute Gasteiger partial charge is 0.324 e. The normalized spacial score (nSPS) is 12.4. The summed E-state index contributed by atoms with van der Waals surface area (Å²) in [5.41, 5.74) is -0.781. The quantitative estimate of drug-likeness (QED) is 0.374. The highest BCUT2D eigenvalue weighted by Gasteiger charge is 2.35. The molecule has 3 rings (SSSR count). The first-order valence-corrected chi connectivity index (χ1v) is 9.93. The van der Waals surface area contributed by atoms with E-state index in [1.54, 1.807) is 41.0 Å². The minimum Gasteiger partial charge on any atom is -0.324 e. The fraction of sp³-hybridized carbons (Fsp3) is 0.150. The average molecular weight is 453 g/mol. The molecule has 10 heteroatoms. The number of nitrogens with zero attached hydrogens (tertiary/aromatic N) is 3. The fourth-order valence-corrected chi connectivity index (χ4v) is 3.86. The van der Waals surface area contributed by atoms with Crippen LogP contribution >= 0.6 is 23.4 Å². The first-order chi connectivity index (χ1) is 14.3. The van der Waals surface area contributed by atoms with Crippen LogP contribution in [0.25, 0.3) is 0 Å². The SMILES string of the molecule is C=CCn1cnnc1S[C@H](C(=O)Nc1ccc(Cl)cc1C(F)(F)F)c1ccccc1. The molecule has 1 aromatic heterocycles. The van der Waals surface area contributed by atoms with E-state index < -0.39 is 22.9 Å². The number of benzene rings is 2. The zero-order valence-corrected chi connectivity index (χ0v) is 17.0. The Bertz CT molecular complexity index is 1040. The summed E-state index contributed by atoms with van der Waals surface area (Å²) in [6, 6.07) is 11.9. The Balaban J connectivity index is 1.94. The number of anilines is 1. The van der Waals surface area contributed by atoms with Gasteiger partial charge in [-0.05, 0) is 23.8 Å². The maximum absolute atomic E-state index is 13.4.